The molecule has 0 aromatic heterocycles. The molecule has 8 nitrogen and oxygen atoms in total. The van der Waals surface area contributed by atoms with E-state index in [1.54, 1.807) is 28.1 Å². The van der Waals surface area contributed by atoms with Gasteiger partial charge in [0.2, 0.25) is 0 Å². The zero-order chi connectivity index (χ0) is 23.0. The van der Waals surface area contributed by atoms with Gasteiger partial charge >= 0.3 is 11.9 Å². The number of hydrogen-bond donors (Lipinski definition) is 0. The van der Waals surface area contributed by atoms with Crippen LogP contribution < -0.4 is 0 Å². The van der Waals surface area contributed by atoms with Crippen molar-refractivity contribution in [2.24, 2.45) is 23.2 Å². The number of ether oxygens (including phenoxy) is 6. The van der Waals surface area contributed by atoms with Crippen molar-refractivity contribution in [1.29, 1.82) is 0 Å². The van der Waals surface area contributed by atoms with Gasteiger partial charge in [0.25, 0.3) is 0 Å². The second kappa shape index (κ2) is 11.9. The van der Waals surface area contributed by atoms with E-state index < -0.39 is 17.9 Å². The lowest BCUT2D eigenvalue weighted by Crippen LogP contribution is -2.49. The van der Waals surface area contributed by atoms with Crippen LogP contribution in [0.5, 0.6) is 0 Å². The lowest BCUT2D eigenvalue weighted by Gasteiger charge is -2.47. The zero-order valence-corrected chi connectivity index (χ0v) is 19.7. The normalized spacial score (nSPS) is 30.5. The molecule has 0 amide bonds. The summed E-state index contributed by atoms with van der Waals surface area (Å²) in [4.78, 5) is 25.3. The summed E-state index contributed by atoms with van der Waals surface area (Å²) in [6, 6.07) is 0. The minimum Gasteiger partial charge on any atom is -0.465 e. The molecule has 31 heavy (non-hydrogen) atoms. The molecule has 1 spiro atoms. The Bertz CT molecular complexity index is 615. The first-order valence-electron chi connectivity index (χ1n) is 11.1. The number of methoxy groups -OCH3 is 2. The van der Waals surface area contributed by atoms with Crippen molar-refractivity contribution in [2.45, 2.75) is 59.2 Å². The summed E-state index contributed by atoms with van der Waals surface area (Å²) in [7, 11) is 3.17. The van der Waals surface area contributed by atoms with Gasteiger partial charge in [0, 0.05) is 14.2 Å². The number of carbonyl (C=O) groups is 2. The monoisotopic (exact) mass is 442 g/mol. The maximum atomic E-state index is 12.6. The van der Waals surface area contributed by atoms with Crippen LogP contribution in [-0.2, 0) is 38.0 Å². The van der Waals surface area contributed by atoms with Gasteiger partial charge in [-0.2, -0.15) is 0 Å². The third kappa shape index (κ3) is 5.66. The molecule has 2 aliphatic rings. The summed E-state index contributed by atoms with van der Waals surface area (Å²) >= 11 is 0. The minimum atomic E-state index is -0.903. The molecule has 1 saturated carbocycles. The summed E-state index contributed by atoms with van der Waals surface area (Å²) in [6.07, 6.45) is 3.86. The number of hydrogen-bond acceptors (Lipinski definition) is 8. The van der Waals surface area contributed by atoms with Gasteiger partial charge in [-0.15, -0.1) is 0 Å². The molecule has 0 bridgehead atoms. The van der Waals surface area contributed by atoms with Crippen molar-refractivity contribution in [1.82, 2.24) is 0 Å². The molecule has 0 unspecified atom stereocenters. The molecule has 2 aliphatic carbocycles. The van der Waals surface area contributed by atoms with Crippen molar-refractivity contribution in [3.8, 4) is 0 Å². The van der Waals surface area contributed by atoms with Crippen LogP contribution in [0.2, 0.25) is 0 Å². The predicted molar refractivity (Wildman–Crippen MR) is 113 cm³/mol. The van der Waals surface area contributed by atoms with Gasteiger partial charge < -0.3 is 28.4 Å². The second-order valence-electron chi connectivity index (χ2n) is 8.35. The molecule has 178 valence electrons. The fourth-order valence-electron chi connectivity index (χ4n) is 5.26. The highest BCUT2D eigenvalue weighted by molar-refractivity contribution is 5.95. The Morgan fingerprint density at radius 1 is 1.06 bits per heavy atom. The van der Waals surface area contributed by atoms with Gasteiger partial charge in [0.05, 0.1) is 19.3 Å². The molecule has 5 atom stereocenters. The second-order valence-corrected chi connectivity index (χ2v) is 8.35. The van der Waals surface area contributed by atoms with Gasteiger partial charge in [0.1, 0.15) is 19.7 Å². The third-order valence-corrected chi connectivity index (χ3v) is 6.78. The van der Waals surface area contributed by atoms with Crippen LogP contribution >= 0.6 is 0 Å². The highest BCUT2D eigenvalue weighted by Crippen LogP contribution is 2.57. The Morgan fingerprint density at radius 2 is 1.65 bits per heavy atom. The SMILES string of the molecule is CCOC(=O)C(C(=O)OCC)[C@@H]1CC[C@@]2(C1)C(C)=C[C@@H](OCOC)[C@H](OCOC)[C@H]2C. The standard InChI is InChI=1S/C23H38O8/c1-7-28-21(24)19(22(25)29-8-2)17-9-10-23(12-17)15(3)11-18(30-13-26-5)20(16(23)4)31-14-27-6/h11,16-20H,7-10,12-14H2,1-6H3/t16-,17-,18-,20-,23-/m1/s1. The molecule has 0 radical (unpaired) electrons. The molecule has 0 aromatic carbocycles. The topological polar surface area (TPSA) is 89.5 Å². The third-order valence-electron chi connectivity index (χ3n) is 6.78. The van der Waals surface area contributed by atoms with Crippen LogP contribution in [0.25, 0.3) is 0 Å². The Labute approximate surface area is 185 Å². The highest BCUT2D eigenvalue weighted by Gasteiger charge is 2.55. The minimum absolute atomic E-state index is 0.0875. The Balaban J connectivity index is 2.31. The van der Waals surface area contributed by atoms with Gasteiger partial charge in [-0.25, -0.2) is 0 Å². The molecule has 0 heterocycles. The van der Waals surface area contributed by atoms with Crippen LogP contribution in [0.4, 0.5) is 0 Å². The maximum Gasteiger partial charge on any atom is 0.320 e. The maximum absolute atomic E-state index is 12.6. The fraction of sp³-hybridized carbons (Fsp3) is 0.826. The fourth-order valence-corrected chi connectivity index (χ4v) is 5.26. The van der Waals surface area contributed by atoms with Crippen molar-refractivity contribution in [2.75, 3.05) is 41.0 Å². The lowest BCUT2D eigenvalue weighted by molar-refractivity contribution is -0.175. The average Bonchev–Trinajstić information content (AvgIpc) is 3.17. The van der Waals surface area contributed by atoms with Crippen molar-refractivity contribution in [3.05, 3.63) is 11.6 Å². The lowest BCUT2D eigenvalue weighted by atomic mass is 9.62. The van der Waals surface area contributed by atoms with E-state index in [-0.39, 0.29) is 56.3 Å². The molecular weight excluding hydrogens is 404 g/mol. The molecule has 8 heteroatoms. The number of carbonyl (C=O) groups excluding carboxylic acids is 2. The molecular formula is C23H38O8. The van der Waals surface area contributed by atoms with Gasteiger partial charge in [-0.1, -0.05) is 18.6 Å². The first kappa shape index (κ1) is 25.8. The van der Waals surface area contributed by atoms with Crippen molar-refractivity contribution >= 4 is 11.9 Å². The predicted octanol–water partition coefficient (Wildman–Crippen LogP) is 3.09. The van der Waals surface area contributed by atoms with Crippen LogP contribution in [0, 0.1) is 23.2 Å². The zero-order valence-electron chi connectivity index (χ0n) is 19.7. The van der Waals surface area contributed by atoms with E-state index in [4.69, 9.17) is 28.4 Å². The van der Waals surface area contributed by atoms with Crippen LogP contribution in [0.15, 0.2) is 11.6 Å². The molecule has 2 rings (SSSR count). The Hall–Kier alpha value is -1.48. The quantitative estimate of drug-likeness (QED) is 0.209. The molecule has 0 saturated heterocycles. The van der Waals surface area contributed by atoms with E-state index in [1.807, 2.05) is 0 Å². The van der Waals surface area contributed by atoms with E-state index in [0.717, 1.165) is 12.8 Å². The van der Waals surface area contributed by atoms with Crippen LogP contribution in [-0.4, -0.2) is 65.2 Å². The Kier molecular flexibility index (Phi) is 9.93. The van der Waals surface area contributed by atoms with Crippen molar-refractivity contribution in [3.63, 3.8) is 0 Å². The van der Waals surface area contributed by atoms with Gasteiger partial charge in [0.15, 0.2) is 5.92 Å². The summed E-state index contributed by atoms with van der Waals surface area (Å²) in [6.45, 7) is 8.50. The van der Waals surface area contributed by atoms with Crippen molar-refractivity contribution < 1.29 is 38.0 Å². The van der Waals surface area contributed by atoms with E-state index in [2.05, 4.69) is 19.9 Å². The first-order valence-corrected chi connectivity index (χ1v) is 11.1. The molecule has 0 aliphatic heterocycles. The summed E-state index contributed by atoms with van der Waals surface area (Å²) in [5.74, 6) is -1.96. The van der Waals surface area contributed by atoms with E-state index in [9.17, 15) is 9.59 Å². The Morgan fingerprint density at radius 3 is 2.19 bits per heavy atom. The van der Waals surface area contributed by atoms with E-state index in [0.29, 0.717) is 6.42 Å². The van der Waals surface area contributed by atoms with Crippen LogP contribution in [0.1, 0.15) is 47.0 Å². The smallest absolute Gasteiger partial charge is 0.320 e. The highest BCUT2D eigenvalue weighted by atomic mass is 16.7. The molecule has 1 fully saturated rings. The summed E-state index contributed by atoms with van der Waals surface area (Å²) in [5.41, 5.74) is 0.986. The largest absolute Gasteiger partial charge is 0.465 e. The number of esters is 2. The van der Waals surface area contributed by atoms with Gasteiger partial charge in [-0.3, -0.25) is 9.59 Å². The van der Waals surface area contributed by atoms with Crippen LogP contribution in [0.3, 0.4) is 0 Å². The summed E-state index contributed by atoms with van der Waals surface area (Å²) in [5, 5.41) is 0. The van der Waals surface area contributed by atoms with Gasteiger partial charge in [-0.05, 0) is 57.3 Å². The molecule has 0 aromatic rings. The summed E-state index contributed by atoms with van der Waals surface area (Å²) < 4.78 is 32.6. The first-order chi connectivity index (χ1) is 14.9. The molecule has 0 N–H and O–H groups in total. The average molecular weight is 443 g/mol. The van der Waals surface area contributed by atoms with E-state index >= 15 is 0 Å². The number of allylic oxidation sites excluding steroid dienone is 1. The number of rotatable bonds is 11. The van der Waals surface area contributed by atoms with E-state index in [1.165, 1.54) is 5.57 Å².